The highest BCUT2D eigenvalue weighted by molar-refractivity contribution is 7.61. The maximum Gasteiger partial charge on any atom is 0.358 e. The molecule has 1 rings (SSSR count). The summed E-state index contributed by atoms with van der Waals surface area (Å²) in [5.41, 5.74) is 0. The summed E-state index contributed by atoms with van der Waals surface area (Å²) in [7, 11) is -3.88. The average molecular weight is 232 g/mol. The molecule has 5 nitrogen and oxygen atoms in total. The Balaban J connectivity index is 2.64. The molecule has 2 unspecified atom stereocenters. The maximum absolute atomic E-state index is 11.6. The van der Waals surface area contributed by atoms with E-state index in [4.69, 9.17) is 10.2 Å². The molecule has 1 aromatic rings. The molecular formula is C9H13O5P. The molecule has 1 aromatic carbocycles. The molecule has 0 aromatic heterocycles. The molecule has 3 N–H and O–H groups in total. The van der Waals surface area contributed by atoms with Crippen molar-refractivity contribution in [2.24, 2.45) is 0 Å². The van der Waals surface area contributed by atoms with Crippen LogP contribution in [0.3, 0.4) is 0 Å². The van der Waals surface area contributed by atoms with Crippen LogP contribution < -0.4 is 5.30 Å². The van der Waals surface area contributed by atoms with Crippen molar-refractivity contribution in [3.05, 3.63) is 30.3 Å². The van der Waals surface area contributed by atoms with Gasteiger partial charge >= 0.3 is 7.60 Å². The van der Waals surface area contributed by atoms with Gasteiger partial charge in [0.05, 0.1) is 18.5 Å². The van der Waals surface area contributed by atoms with Crippen molar-refractivity contribution >= 4 is 12.9 Å². The first-order chi connectivity index (χ1) is 7.06. The largest absolute Gasteiger partial charge is 0.394 e. The number of benzene rings is 1. The van der Waals surface area contributed by atoms with E-state index in [1.54, 1.807) is 18.2 Å². The fourth-order valence-corrected chi connectivity index (χ4v) is 2.00. The van der Waals surface area contributed by atoms with E-state index in [0.29, 0.717) is 0 Å². The zero-order valence-corrected chi connectivity index (χ0v) is 8.88. The number of aliphatic hydroxyl groups excluding tert-OH is 2. The van der Waals surface area contributed by atoms with Gasteiger partial charge in [0.2, 0.25) is 0 Å². The summed E-state index contributed by atoms with van der Waals surface area (Å²) in [5, 5.41) is 17.6. The van der Waals surface area contributed by atoms with E-state index < -0.39 is 20.3 Å². The van der Waals surface area contributed by atoms with Gasteiger partial charge in [-0.25, -0.2) is 0 Å². The van der Waals surface area contributed by atoms with Crippen molar-refractivity contribution < 1.29 is 24.2 Å². The minimum Gasteiger partial charge on any atom is -0.394 e. The van der Waals surface area contributed by atoms with Gasteiger partial charge < -0.3 is 19.6 Å². The average Bonchev–Trinajstić information content (AvgIpc) is 2.27. The first kappa shape index (κ1) is 12.4. The van der Waals surface area contributed by atoms with Gasteiger partial charge in [-0.15, -0.1) is 0 Å². The van der Waals surface area contributed by atoms with E-state index in [9.17, 15) is 9.46 Å². The van der Waals surface area contributed by atoms with Crippen LogP contribution in [0.5, 0.6) is 0 Å². The lowest BCUT2D eigenvalue weighted by Gasteiger charge is -2.14. The summed E-state index contributed by atoms with van der Waals surface area (Å²) in [6.45, 7) is -0.881. The molecule has 0 aliphatic carbocycles. The first-order valence-corrected chi connectivity index (χ1v) is 5.96. The topological polar surface area (TPSA) is 87.0 Å². The van der Waals surface area contributed by atoms with Crippen LogP contribution in [-0.2, 0) is 9.09 Å². The summed E-state index contributed by atoms with van der Waals surface area (Å²) in [5.74, 6) is 0. The first-order valence-electron chi connectivity index (χ1n) is 4.38. The molecule has 84 valence electrons. The van der Waals surface area contributed by atoms with Crippen molar-refractivity contribution in [2.75, 3.05) is 13.2 Å². The van der Waals surface area contributed by atoms with Gasteiger partial charge in [-0.3, -0.25) is 4.57 Å². The smallest absolute Gasteiger partial charge is 0.358 e. The second-order valence-electron chi connectivity index (χ2n) is 2.99. The molecule has 6 heteroatoms. The molecule has 0 amide bonds. The highest BCUT2D eigenvalue weighted by Crippen LogP contribution is 2.40. The Morgan fingerprint density at radius 2 is 1.93 bits per heavy atom. The molecular weight excluding hydrogens is 219 g/mol. The fourth-order valence-electron chi connectivity index (χ4n) is 0.931. The van der Waals surface area contributed by atoms with Crippen LogP contribution in [-0.4, -0.2) is 34.4 Å². The molecule has 0 aliphatic rings. The Kier molecular flexibility index (Phi) is 4.45. The molecule has 15 heavy (non-hydrogen) atoms. The molecule has 0 fully saturated rings. The highest BCUT2D eigenvalue weighted by Gasteiger charge is 2.23. The lowest BCUT2D eigenvalue weighted by molar-refractivity contribution is 0.0508. The number of rotatable bonds is 5. The van der Waals surface area contributed by atoms with E-state index in [1.165, 1.54) is 12.1 Å². The maximum atomic E-state index is 11.6. The van der Waals surface area contributed by atoms with Crippen LogP contribution in [0.1, 0.15) is 0 Å². The molecule has 0 bridgehead atoms. The van der Waals surface area contributed by atoms with Gasteiger partial charge in [0.25, 0.3) is 0 Å². The molecule has 0 saturated carbocycles. The van der Waals surface area contributed by atoms with Crippen LogP contribution in [0.4, 0.5) is 0 Å². The Hall–Kier alpha value is -0.710. The van der Waals surface area contributed by atoms with Crippen molar-refractivity contribution in [3.8, 4) is 0 Å². The van der Waals surface area contributed by atoms with Crippen LogP contribution in [0, 0.1) is 0 Å². The van der Waals surface area contributed by atoms with E-state index >= 15 is 0 Å². The summed E-state index contributed by atoms with van der Waals surface area (Å²) in [6, 6.07) is 7.87. The van der Waals surface area contributed by atoms with Gasteiger partial charge in [-0.2, -0.15) is 0 Å². The van der Waals surface area contributed by atoms with Gasteiger partial charge in [0.1, 0.15) is 6.10 Å². The molecule has 0 aliphatic heterocycles. The van der Waals surface area contributed by atoms with E-state index in [0.717, 1.165) is 0 Å². The Labute approximate surface area is 87.5 Å². The van der Waals surface area contributed by atoms with Crippen LogP contribution in [0.25, 0.3) is 0 Å². The molecule has 0 saturated heterocycles. The Morgan fingerprint density at radius 1 is 1.33 bits per heavy atom. The van der Waals surface area contributed by atoms with E-state index in [1.807, 2.05) is 0 Å². The second-order valence-corrected chi connectivity index (χ2v) is 4.80. The lowest BCUT2D eigenvalue weighted by Crippen LogP contribution is -2.20. The highest BCUT2D eigenvalue weighted by atomic mass is 31.2. The van der Waals surface area contributed by atoms with Gasteiger partial charge in [0, 0.05) is 0 Å². The predicted octanol–water partition coefficient (Wildman–Crippen LogP) is -0.133. The van der Waals surface area contributed by atoms with Gasteiger partial charge in [-0.05, 0) is 12.1 Å². The van der Waals surface area contributed by atoms with Gasteiger partial charge in [-0.1, -0.05) is 18.2 Å². The van der Waals surface area contributed by atoms with Crippen molar-refractivity contribution in [2.45, 2.75) is 6.10 Å². The SMILES string of the molecule is O=P(O)(OCC(O)CO)c1ccccc1. The quantitative estimate of drug-likeness (QED) is 0.615. The molecule has 0 heterocycles. The Bertz CT molecular complexity index is 340. The van der Waals surface area contributed by atoms with Crippen molar-refractivity contribution in [3.63, 3.8) is 0 Å². The standard InChI is InChI=1S/C9H13O5P/c10-6-8(11)7-14-15(12,13)9-4-2-1-3-5-9/h1-5,8,10-11H,6-7H2,(H,12,13). The zero-order valence-electron chi connectivity index (χ0n) is 7.98. The molecule has 2 atom stereocenters. The van der Waals surface area contributed by atoms with E-state index in [2.05, 4.69) is 4.52 Å². The monoisotopic (exact) mass is 232 g/mol. The lowest BCUT2D eigenvalue weighted by atomic mass is 10.4. The fraction of sp³-hybridized carbons (Fsp3) is 0.333. The summed E-state index contributed by atoms with van der Waals surface area (Å²) in [6.07, 6.45) is -1.14. The van der Waals surface area contributed by atoms with Crippen molar-refractivity contribution in [1.82, 2.24) is 0 Å². The van der Waals surface area contributed by atoms with E-state index in [-0.39, 0.29) is 11.9 Å². The second kappa shape index (κ2) is 5.39. The molecule has 0 radical (unpaired) electrons. The third-order valence-corrected chi connectivity index (χ3v) is 3.18. The predicted molar refractivity (Wildman–Crippen MR) is 54.9 cm³/mol. The Morgan fingerprint density at radius 3 is 2.47 bits per heavy atom. The normalized spacial score (nSPS) is 17.0. The summed E-state index contributed by atoms with van der Waals surface area (Å²) in [4.78, 5) is 9.47. The van der Waals surface area contributed by atoms with Crippen LogP contribution >= 0.6 is 7.60 Å². The number of aliphatic hydroxyl groups is 2. The van der Waals surface area contributed by atoms with Crippen LogP contribution in [0.2, 0.25) is 0 Å². The number of hydrogen-bond donors (Lipinski definition) is 3. The molecule has 0 spiro atoms. The third kappa shape index (κ3) is 3.74. The number of hydrogen-bond acceptors (Lipinski definition) is 4. The summed E-state index contributed by atoms with van der Waals surface area (Å²) >= 11 is 0. The van der Waals surface area contributed by atoms with Gasteiger partial charge in [0.15, 0.2) is 0 Å². The van der Waals surface area contributed by atoms with Crippen LogP contribution in [0.15, 0.2) is 30.3 Å². The zero-order chi connectivity index (χ0) is 11.3. The third-order valence-electron chi connectivity index (χ3n) is 1.74. The minimum atomic E-state index is -3.88. The minimum absolute atomic E-state index is 0.162. The summed E-state index contributed by atoms with van der Waals surface area (Å²) < 4.78 is 16.2. The van der Waals surface area contributed by atoms with Crippen molar-refractivity contribution in [1.29, 1.82) is 0 Å².